The Morgan fingerprint density at radius 3 is 2.60 bits per heavy atom. The van der Waals surface area contributed by atoms with Crippen molar-refractivity contribution in [2.24, 2.45) is 0 Å². The Bertz CT molecular complexity index is 572. The van der Waals surface area contributed by atoms with E-state index in [0.717, 1.165) is 16.7 Å². The number of likely N-dealkylation sites (N-methyl/N-ethyl adjacent to an activating group) is 1. The van der Waals surface area contributed by atoms with E-state index < -0.39 is 0 Å². The SMILES string of the molecule is CN(CC(=O)Nc1cccc(Br)c1)Cc1ccccc1. The molecule has 4 heteroatoms. The number of hydrogen-bond acceptors (Lipinski definition) is 2. The third-order valence-corrected chi connectivity index (χ3v) is 3.31. The summed E-state index contributed by atoms with van der Waals surface area (Å²) in [5, 5.41) is 2.89. The Labute approximate surface area is 127 Å². The summed E-state index contributed by atoms with van der Waals surface area (Å²) in [4.78, 5) is 13.9. The van der Waals surface area contributed by atoms with Crippen LogP contribution >= 0.6 is 15.9 Å². The Hall–Kier alpha value is -1.65. The summed E-state index contributed by atoms with van der Waals surface area (Å²) in [5.41, 5.74) is 2.00. The zero-order valence-corrected chi connectivity index (χ0v) is 12.9. The molecule has 0 aliphatic heterocycles. The van der Waals surface area contributed by atoms with E-state index in [9.17, 15) is 4.79 Å². The van der Waals surface area contributed by atoms with Crippen molar-refractivity contribution in [3.63, 3.8) is 0 Å². The van der Waals surface area contributed by atoms with Gasteiger partial charge in [-0.1, -0.05) is 52.3 Å². The lowest BCUT2D eigenvalue weighted by atomic mass is 10.2. The summed E-state index contributed by atoms with van der Waals surface area (Å²) in [6, 6.07) is 17.7. The molecule has 1 N–H and O–H groups in total. The number of amides is 1. The molecule has 0 spiro atoms. The molecule has 0 saturated carbocycles. The molecule has 1 amide bonds. The van der Waals surface area contributed by atoms with Gasteiger partial charge in [0.15, 0.2) is 0 Å². The predicted molar refractivity (Wildman–Crippen MR) is 85.5 cm³/mol. The van der Waals surface area contributed by atoms with Crippen LogP contribution in [0.25, 0.3) is 0 Å². The Morgan fingerprint density at radius 2 is 1.90 bits per heavy atom. The van der Waals surface area contributed by atoms with Crippen LogP contribution < -0.4 is 5.32 Å². The van der Waals surface area contributed by atoms with Gasteiger partial charge in [0.05, 0.1) is 6.54 Å². The fraction of sp³-hybridized carbons (Fsp3) is 0.188. The van der Waals surface area contributed by atoms with Crippen molar-refractivity contribution < 1.29 is 4.79 Å². The van der Waals surface area contributed by atoms with Crippen LogP contribution in [0.1, 0.15) is 5.56 Å². The normalized spacial score (nSPS) is 10.6. The third kappa shape index (κ3) is 4.79. The molecule has 0 aliphatic carbocycles. The predicted octanol–water partition coefficient (Wildman–Crippen LogP) is 3.52. The largest absolute Gasteiger partial charge is 0.325 e. The minimum absolute atomic E-state index is 0.0125. The lowest BCUT2D eigenvalue weighted by molar-refractivity contribution is -0.117. The van der Waals surface area contributed by atoms with Crippen molar-refractivity contribution in [3.05, 3.63) is 64.6 Å². The minimum atomic E-state index is -0.0125. The first-order chi connectivity index (χ1) is 9.63. The second-order valence-electron chi connectivity index (χ2n) is 4.72. The van der Waals surface area contributed by atoms with Crippen LogP contribution in [0, 0.1) is 0 Å². The standard InChI is InChI=1S/C16H17BrN2O/c1-19(11-13-6-3-2-4-7-13)12-16(20)18-15-9-5-8-14(17)10-15/h2-10H,11-12H2,1H3,(H,18,20). The first kappa shape index (κ1) is 14.8. The molecule has 0 bridgehead atoms. The van der Waals surface area contributed by atoms with E-state index in [2.05, 4.69) is 33.4 Å². The second-order valence-corrected chi connectivity index (χ2v) is 5.63. The Balaban J connectivity index is 1.85. The van der Waals surface area contributed by atoms with Crippen molar-refractivity contribution >= 4 is 27.5 Å². The van der Waals surface area contributed by atoms with Crippen molar-refractivity contribution in [1.82, 2.24) is 4.90 Å². The van der Waals surface area contributed by atoms with Crippen LogP contribution in [0.3, 0.4) is 0 Å². The van der Waals surface area contributed by atoms with Gasteiger partial charge in [-0.05, 0) is 30.8 Å². The van der Waals surface area contributed by atoms with E-state index in [1.807, 2.05) is 54.4 Å². The van der Waals surface area contributed by atoms with Crippen molar-refractivity contribution in [3.8, 4) is 0 Å². The van der Waals surface area contributed by atoms with Gasteiger partial charge in [-0.3, -0.25) is 9.69 Å². The molecule has 0 aliphatic rings. The molecular weight excluding hydrogens is 316 g/mol. The van der Waals surface area contributed by atoms with Crippen LogP contribution in [0.15, 0.2) is 59.1 Å². The van der Waals surface area contributed by atoms with Crippen molar-refractivity contribution in [2.75, 3.05) is 18.9 Å². The summed E-state index contributed by atoms with van der Waals surface area (Å²) in [6.45, 7) is 1.12. The van der Waals surface area contributed by atoms with Gasteiger partial charge in [-0.15, -0.1) is 0 Å². The van der Waals surface area contributed by atoms with E-state index in [1.165, 1.54) is 5.56 Å². The van der Waals surface area contributed by atoms with Gasteiger partial charge in [0.25, 0.3) is 0 Å². The van der Waals surface area contributed by atoms with E-state index in [0.29, 0.717) is 6.54 Å². The number of hydrogen-bond donors (Lipinski definition) is 1. The lowest BCUT2D eigenvalue weighted by Crippen LogP contribution is -2.29. The van der Waals surface area contributed by atoms with Gasteiger partial charge >= 0.3 is 0 Å². The highest BCUT2D eigenvalue weighted by Gasteiger charge is 2.07. The molecule has 104 valence electrons. The van der Waals surface area contributed by atoms with Gasteiger partial charge < -0.3 is 5.32 Å². The quantitative estimate of drug-likeness (QED) is 0.908. The molecule has 0 fully saturated rings. The van der Waals surface area contributed by atoms with E-state index in [1.54, 1.807) is 0 Å². The molecule has 2 aromatic rings. The fourth-order valence-corrected chi connectivity index (χ4v) is 2.36. The smallest absolute Gasteiger partial charge is 0.238 e. The molecule has 3 nitrogen and oxygen atoms in total. The highest BCUT2D eigenvalue weighted by Crippen LogP contribution is 2.15. The fourth-order valence-electron chi connectivity index (χ4n) is 1.96. The molecule has 0 atom stereocenters. The van der Waals surface area contributed by atoms with E-state index in [-0.39, 0.29) is 5.91 Å². The first-order valence-corrected chi connectivity index (χ1v) is 7.20. The van der Waals surface area contributed by atoms with Crippen molar-refractivity contribution in [2.45, 2.75) is 6.54 Å². The monoisotopic (exact) mass is 332 g/mol. The van der Waals surface area contributed by atoms with Crippen LogP contribution in [0.4, 0.5) is 5.69 Å². The maximum Gasteiger partial charge on any atom is 0.238 e. The number of carbonyl (C=O) groups is 1. The zero-order valence-electron chi connectivity index (χ0n) is 11.3. The van der Waals surface area contributed by atoms with E-state index >= 15 is 0 Å². The van der Waals surface area contributed by atoms with Crippen LogP contribution in [0.2, 0.25) is 0 Å². The molecule has 2 rings (SSSR count). The van der Waals surface area contributed by atoms with Crippen LogP contribution in [-0.4, -0.2) is 24.4 Å². The topological polar surface area (TPSA) is 32.3 Å². The van der Waals surface area contributed by atoms with Gasteiger partial charge in [0, 0.05) is 16.7 Å². The molecule has 2 aromatic carbocycles. The number of rotatable bonds is 5. The summed E-state index contributed by atoms with van der Waals surface area (Å²) < 4.78 is 0.952. The van der Waals surface area contributed by atoms with Gasteiger partial charge in [0.2, 0.25) is 5.91 Å². The Kier molecular flexibility index (Phi) is 5.32. The van der Waals surface area contributed by atoms with Gasteiger partial charge in [0.1, 0.15) is 0 Å². The number of nitrogens with zero attached hydrogens (tertiary/aromatic N) is 1. The van der Waals surface area contributed by atoms with Crippen LogP contribution in [0.5, 0.6) is 0 Å². The molecule has 0 unspecified atom stereocenters. The summed E-state index contributed by atoms with van der Waals surface area (Å²) >= 11 is 3.39. The van der Waals surface area contributed by atoms with Gasteiger partial charge in [-0.25, -0.2) is 0 Å². The second kappa shape index (κ2) is 7.22. The molecule has 0 saturated heterocycles. The number of nitrogens with one attached hydrogen (secondary N) is 1. The van der Waals surface area contributed by atoms with Crippen molar-refractivity contribution in [1.29, 1.82) is 0 Å². The number of anilines is 1. The summed E-state index contributed by atoms with van der Waals surface area (Å²) in [7, 11) is 1.94. The summed E-state index contributed by atoms with van der Waals surface area (Å²) in [6.07, 6.45) is 0. The summed E-state index contributed by atoms with van der Waals surface area (Å²) in [5.74, 6) is -0.0125. The molecular formula is C16H17BrN2O. The highest BCUT2D eigenvalue weighted by molar-refractivity contribution is 9.10. The molecule has 0 heterocycles. The zero-order chi connectivity index (χ0) is 14.4. The first-order valence-electron chi connectivity index (χ1n) is 6.41. The molecule has 0 aromatic heterocycles. The molecule has 0 radical (unpaired) electrons. The average Bonchev–Trinajstić information content (AvgIpc) is 2.39. The number of halogens is 1. The Morgan fingerprint density at radius 1 is 1.15 bits per heavy atom. The van der Waals surface area contributed by atoms with Crippen LogP contribution in [-0.2, 0) is 11.3 Å². The number of benzene rings is 2. The third-order valence-electron chi connectivity index (χ3n) is 2.82. The maximum atomic E-state index is 12.0. The van der Waals surface area contributed by atoms with E-state index in [4.69, 9.17) is 0 Å². The average molecular weight is 333 g/mol. The lowest BCUT2D eigenvalue weighted by Gasteiger charge is -2.16. The minimum Gasteiger partial charge on any atom is -0.325 e. The number of carbonyl (C=O) groups excluding carboxylic acids is 1. The highest BCUT2D eigenvalue weighted by atomic mass is 79.9. The van der Waals surface area contributed by atoms with Gasteiger partial charge in [-0.2, -0.15) is 0 Å². The molecule has 20 heavy (non-hydrogen) atoms. The maximum absolute atomic E-state index is 12.0.